The number of rotatable bonds is 4. The van der Waals surface area contributed by atoms with Crippen LogP contribution in [0.4, 0.5) is 0 Å². The number of carbonyl (C=O) groups excluding carboxylic acids is 1. The third-order valence-corrected chi connectivity index (χ3v) is 2.41. The fourth-order valence-electron chi connectivity index (χ4n) is 1.75. The highest BCUT2D eigenvalue weighted by molar-refractivity contribution is 5.51. The van der Waals surface area contributed by atoms with Gasteiger partial charge in [0.1, 0.15) is 6.29 Å². The highest BCUT2D eigenvalue weighted by Crippen LogP contribution is 2.17. The summed E-state index contributed by atoms with van der Waals surface area (Å²) >= 11 is 0. The van der Waals surface area contributed by atoms with E-state index < -0.39 is 0 Å². The molecule has 2 heteroatoms. The van der Waals surface area contributed by atoms with Crippen molar-refractivity contribution in [2.45, 2.75) is 32.2 Å². The molecule has 2 nitrogen and oxygen atoms in total. The molecular formula is C10H17NO. The van der Waals surface area contributed by atoms with Crippen molar-refractivity contribution in [2.24, 2.45) is 0 Å². The second-order valence-corrected chi connectivity index (χ2v) is 3.17. The van der Waals surface area contributed by atoms with Crippen LogP contribution in [0, 0.1) is 0 Å². The van der Waals surface area contributed by atoms with E-state index in [1.54, 1.807) is 0 Å². The number of nitrogens with zero attached hydrogens (tertiary/aromatic N) is 1. The third kappa shape index (κ3) is 2.45. The Labute approximate surface area is 74.2 Å². The van der Waals surface area contributed by atoms with Gasteiger partial charge in [0.15, 0.2) is 0 Å². The predicted molar refractivity (Wildman–Crippen MR) is 50.1 cm³/mol. The minimum atomic E-state index is 0.564. The molecule has 1 atom stereocenters. The number of likely N-dealkylation sites (N-methyl/N-ethyl adjacent to an activating group) is 1. The maximum absolute atomic E-state index is 10.1. The molecule has 1 saturated heterocycles. The van der Waals surface area contributed by atoms with Gasteiger partial charge in [-0.25, -0.2) is 0 Å². The van der Waals surface area contributed by atoms with Crippen molar-refractivity contribution in [1.29, 1.82) is 0 Å². The van der Waals surface area contributed by atoms with Crippen LogP contribution in [-0.2, 0) is 4.79 Å². The molecule has 0 aromatic heterocycles. The van der Waals surface area contributed by atoms with Gasteiger partial charge in [0.05, 0.1) is 0 Å². The van der Waals surface area contributed by atoms with Gasteiger partial charge in [-0.2, -0.15) is 0 Å². The zero-order chi connectivity index (χ0) is 8.81. The normalized spacial score (nSPS) is 25.2. The van der Waals surface area contributed by atoms with E-state index in [1.165, 1.54) is 19.4 Å². The lowest BCUT2D eigenvalue weighted by Gasteiger charge is -2.18. The van der Waals surface area contributed by atoms with Gasteiger partial charge in [0.2, 0.25) is 0 Å². The van der Waals surface area contributed by atoms with Gasteiger partial charge in [-0.3, -0.25) is 4.90 Å². The maximum atomic E-state index is 10.1. The average molecular weight is 167 g/mol. The van der Waals surface area contributed by atoms with Crippen LogP contribution in [-0.4, -0.2) is 30.3 Å². The van der Waals surface area contributed by atoms with E-state index in [0.29, 0.717) is 12.5 Å². The van der Waals surface area contributed by atoms with E-state index >= 15 is 0 Å². The fraction of sp³-hybridized carbons (Fsp3) is 0.700. The van der Waals surface area contributed by atoms with Gasteiger partial charge in [-0.05, 0) is 25.9 Å². The first-order valence-electron chi connectivity index (χ1n) is 4.72. The van der Waals surface area contributed by atoms with Gasteiger partial charge in [-0.15, -0.1) is 0 Å². The lowest BCUT2D eigenvalue weighted by atomic mass is 10.2. The van der Waals surface area contributed by atoms with E-state index in [9.17, 15) is 4.79 Å². The summed E-state index contributed by atoms with van der Waals surface area (Å²) < 4.78 is 0. The molecule has 68 valence electrons. The maximum Gasteiger partial charge on any atom is 0.123 e. The third-order valence-electron chi connectivity index (χ3n) is 2.41. The van der Waals surface area contributed by atoms with Gasteiger partial charge in [0.25, 0.3) is 0 Å². The molecule has 0 bridgehead atoms. The smallest absolute Gasteiger partial charge is 0.123 e. The second kappa shape index (κ2) is 5.09. The molecule has 12 heavy (non-hydrogen) atoms. The molecule has 0 saturated carbocycles. The monoisotopic (exact) mass is 167 g/mol. The van der Waals surface area contributed by atoms with Gasteiger partial charge in [0, 0.05) is 12.5 Å². The van der Waals surface area contributed by atoms with Gasteiger partial charge in [-0.1, -0.05) is 19.1 Å². The second-order valence-electron chi connectivity index (χ2n) is 3.17. The molecular weight excluding hydrogens is 150 g/mol. The first-order valence-corrected chi connectivity index (χ1v) is 4.72. The summed E-state index contributed by atoms with van der Waals surface area (Å²) in [5, 5.41) is 0. The predicted octanol–water partition coefficient (Wildman–Crippen LogP) is 1.62. The van der Waals surface area contributed by atoms with Crippen LogP contribution < -0.4 is 0 Å². The number of carbonyl (C=O) groups is 1. The molecule has 0 radical (unpaired) electrons. The Balaban J connectivity index is 2.34. The summed E-state index contributed by atoms with van der Waals surface area (Å²) in [6, 6.07) is 0.593. The first kappa shape index (κ1) is 9.46. The van der Waals surface area contributed by atoms with Crippen molar-refractivity contribution in [3.05, 3.63) is 12.2 Å². The summed E-state index contributed by atoms with van der Waals surface area (Å²) in [5.41, 5.74) is 0. The van der Waals surface area contributed by atoms with E-state index in [-0.39, 0.29) is 0 Å². The van der Waals surface area contributed by atoms with Crippen LogP contribution in [0.2, 0.25) is 0 Å². The van der Waals surface area contributed by atoms with Crippen molar-refractivity contribution < 1.29 is 4.79 Å². The van der Waals surface area contributed by atoms with Gasteiger partial charge < -0.3 is 4.79 Å². The van der Waals surface area contributed by atoms with E-state index in [4.69, 9.17) is 0 Å². The lowest BCUT2D eigenvalue weighted by Crippen LogP contribution is -2.27. The minimum absolute atomic E-state index is 0.564. The van der Waals surface area contributed by atoms with Crippen molar-refractivity contribution in [1.82, 2.24) is 4.90 Å². The molecule has 1 heterocycles. The topological polar surface area (TPSA) is 20.3 Å². The Hall–Kier alpha value is -0.630. The first-order chi connectivity index (χ1) is 5.88. The summed E-state index contributed by atoms with van der Waals surface area (Å²) in [5.74, 6) is 0. The molecule has 1 aliphatic heterocycles. The SMILES string of the molecule is CCN1CCCC1/C=C\CC=O. The van der Waals surface area contributed by atoms with E-state index in [1.807, 2.05) is 6.08 Å². The van der Waals surface area contributed by atoms with Crippen LogP contribution in [0.3, 0.4) is 0 Å². The van der Waals surface area contributed by atoms with E-state index in [0.717, 1.165) is 12.8 Å². The zero-order valence-corrected chi connectivity index (χ0v) is 7.70. The van der Waals surface area contributed by atoms with Crippen LogP contribution in [0.25, 0.3) is 0 Å². The molecule has 1 rings (SSSR count). The molecule has 0 spiro atoms. The number of aldehydes is 1. The number of hydrogen-bond donors (Lipinski definition) is 0. The van der Waals surface area contributed by atoms with E-state index in [2.05, 4.69) is 17.9 Å². The van der Waals surface area contributed by atoms with Crippen LogP contribution in [0.15, 0.2) is 12.2 Å². The Bertz CT molecular complexity index is 165. The Morgan fingerprint density at radius 3 is 3.08 bits per heavy atom. The average Bonchev–Trinajstić information content (AvgIpc) is 2.52. The molecule has 0 aliphatic carbocycles. The Kier molecular flexibility index (Phi) is 4.01. The molecule has 0 aromatic carbocycles. The fourth-order valence-corrected chi connectivity index (χ4v) is 1.75. The molecule has 1 unspecified atom stereocenters. The zero-order valence-electron chi connectivity index (χ0n) is 7.70. The highest BCUT2D eigenvalue weighted by Gasteiger charge is 2.19. The van der Waals surface area contributed by atoms with Crippen LogP contribution in [0.1, 0.15) is 26.2 Å². The Morgan fingerprint density at radius 2 is 2.42 bits per heavy atom. The Morgan fingerprint density at radius 1 is 1.58 bits per heavy atom. The summed E-state index contributed by atoms with van der Waals surface area (Å²) in [4.78, 5) is 12.5. The highest BCUT2D eigenvalue weighted by atomic mass is 16.1. The van der Waals surface area contributed by atoms with Crippen molar-refractivity contribution in [3.63, 3.8) is 0 Å². The van der Waals surface area contributed by atoms with Crippen molar-refractivity contribution in [3.8, 4) is 0 Å². The summed E-state index contributed by atoms with van der Waals surface area (Å²) in [6.07, 6.45) is 8.21. The summed E-state index contributed by atoms with van der Waals surface area (Å²) in [7, 11) is 0. The molecule has 1 fully saturated rings. The quantitative estimate of drug-likeness (QED) is 0.468. The molecule has 0 amide bonds. The summed E-state index contributed by atoms with van der Waals surface area (Å²) in [6.45, 7) is 4.52. The lowest BCUT2D eigenvalue weighted by molar-refractivity contribution is -0.107. The number of likely N-dealkylation sites (tertiary alicyclic amines) is 1. The number of hydrogen-bond acceptors (Lipinski definition) is 2. The van der Waals surface area contributed by atoms with Crippen LogP contribution in [0.5, 0.6) is 0 Å². The standard InChI is InChI=1S/C10H17NO/c1-2-11-8-5-7-10(11)6-3-4-9-12/h3,6,9-10H,2,4-5,7-8H2,1H3/b6-3-. The van der Waals surface area contributed by atoms with Gasteiger partial charge >= 0.3 is 0 Å². The molecule has 1 aliphatic rings. The number of allylic oxidation sites excluding steroid dienone is 1. The van der Waals surface area contributed by atoms with Crippen molar-refractivity contribution in [2.75, 3.05) is 13.1 Å². The molecule has 0 aromatic rings. The largest absolute Gasteiger partial charge is 0.303 e. The van der Waals surface area contributed by atoms with Crippen molar-refractivity contribution >= 4 is 6.29 Å². The van der Waals surface area contributed by atoms with Crippen LogP contribution >= 0.6 is 0 Å². The minimum Gasteiger partial charge on any atom is -0.303 e. The molecule has 0 N–H and O–H groups in total.